The number of rotatable bonds is 9. The summed E-state index contributed by atoms with van der Waals surface area (Å²) in [6.45, 7) is 4.11. The maximum Gasteiger partial charge on any atom is 0.301 e. The van der Waals surface area contributed by atoms with Crippen molar-refractivity contribution in [1.82, 2.24) is 18.8 Å². The number of piperazine rings is 1. The number of hydrogen-bond acceptors (Lipinski definition) is 8. The van der Waals surface area contributed by atoms with Crippen molar-refractivity contribution < 1.29 is 21.9 Å². The van der Waals surface area contributed by atoms with Crippen LogP contribution in [0.15, 0.2) is 65.7 Å². The fourth-order valence-electron chi connectivity index (χ4n) is 5.60. The zero-order valence-electron chi connectivity index (χ0n) is 24.6. The molecule has 1 N–H and O–H groups in total. The Bertz CT molecular complexity index is 1960. The molecule has 1 atom stereocenters. The Labute approximate surface area is 269 Å². The van der Waals surface area contributed by atoms with Gasteiger partial charge in [-0.25, -0.2) is 13.8 Å². The first-order valence-corrected chi connectivity index (χ1v) is 16.6. The summed E-state index contributed by atoms with van der Waals surface area (Å²) in [5, 5.41) is 10.0. The number of halogens is 3. The van der Waals surface area contributed by atoms with Crippen LogP contribution in [0.3, 0.4) is 0 Å². The van der Waals surface area contributed by atoms with Gasteiger partial charge in [-0.2, -0.15) is 18.0 Å². The number of ether oxygens (including phenoxy) is 1. The molecule has 2 saturated heterocycles. The topological polar surface area (TPSA) is 124 Å². The molecule has 46 heavy (non-hydrogen) atoms. The summed E-state index contributed by atoms with van der Waals surface area (Å²) in [7, 11) is -4.21. The van der Waals surface area contributed by atoms with Gasteiger partial charge >= 0.3 is 10.2 Å². The van der Waals surface area contributed by atoms with Crippen LogP contribution in [0.4, 0.5) is 20.2 Å². The van der Waals surface area contributed by atoms with Crippen molar-refractivity contribution in [1.29, 1.82) is 5.26 Å². The number of aromatic nitrogens is 2. The Morgan fingerprint density at radius 3 is 2.46 bits per heavy atom. The number of nitrogens with one attached hydrogen (secondary N) is 1. The van der Waals surface area contributed by atoms with E-state index in [0.717, 1.165) is 54.8 Å². The van der Waals surface area contributed by atoms with Gasteiger partial charge in [0.25, 0.3) is 5.56 Å². The van der Waals surface area contributed by atoms with Crippen LogP contribution in [0, 0.1) is 17.1 Å². The van der Waals surface area contributed by atoms with Crippen LogP contribution >= 0.6 is 11.6 Å². The lowest BCUT2D eigenvalue weighted by atomic mass is 10.1. The van der Waals surface area contributed by atoms with E-state index >= 15 is 0 Å². The maximum absolute atomic E-state index is 15.0. The molecule has 3 aromatic carbocycles. The van der Waals surface area contributed by atoms with Gasteiger partial charge in [0.05, 0.1) is 22.3 Å². The van der Waals surface area contributed by atoms with E-state index in [1.807, 2.05) is 24.3 Å². The summed E-state index contributed by atoms with van der Waals surface area (Å²) in [5.41, 5.74) is 0.982. The van der Waals surface area contributed by atoms with Crippen LogP contribution in [0.25, 0.3) is 16.6 Å². The minimum Gasteiger partial charge on any atom is -0.453 e. The molecule has 2 aliphatic rings. The molecule has 2 fully saturated rings. The average Bonchev–Trinajstić information content (AvgIpc) is 3.51. The minimum absolute atomic E-state index is 0.0253. The molecule has 3 heterocycles. The number of hydrogen-bond donors (Lipinski definition) is 1. The van der Waals surface area contributed by atoms with E-state index in [-0.39, 0.29) is 36.3 Å². The van der Waals surface area contributed by atoms with Crippen molar-refractivity contribution in [3.8, 4) is 23.3 Å². The number of nitrogens with zero attached hydrogens (tertiary/aromatic N) is 6. The Hall–Kier alpha value is -4.29. The fraction of sp³-hybridized carbons (Fsp3) is 0.323. The number of benzene rings is 3. The minimum atomic E-state index is -4.21. The van der Waals surface area contributed by atoms with Gasteiger partial charge in [-0.05, 0) is 61.0 Å². The first-order chi connectivity index (χ1) is 22.2. The molecule has 0 amide bonds. The standard InChI is InChI=1S/C31H30ClF2N7O4S/c32-10-12-38-13-15-39(16-14-38)22-1-3-23(4-2-22)41-20-36-28-7-5-24(17-25(28)31(41)42)45-30-26(18-35)29(8-6-27(30)34)37-46(43,44)40-11-9-21(33)19-40/h1-8,17,20-21,37H,9-16,19H2. The predicted octanol–water partition coefficient (Wildman–Crippen LogP) is 4.25. The van der Waals surface area contributed by atoms with E-state index in [1.54, 1.807) is 6.07 Å². The van der Waals surface area contributed by atoms with Crippen LogP contribution in [0.1, 0.15) is 12.0 Å². The SMILES string of the molecule is N#Cc1c(NS(=O)(=O)N2CCC(F)C2)ccc(F)c1Oc1ccc2ncn(-c3ccc(N4CCN(CCCl)CC4)cc3)c(=O)c2c1. The zero-order chi connectivity index (χ0) is 32.4. The lowest BCUT2D eigenvalue weighted by Gasteiger charge is -2.35. The van der Waals surface area contributed by atoms with Crippen LogP contribution in [-0.2, 0) is 10.2 Å². The molecule has 6 rings (SSSR count). The zero-order valence-corrected chi connectivity index (χ0v) is 26.1. The molecule has 0 saturated carbocycles. The Balaban J connectivity index is 1.25. The summed E-state index contributed by atoms with van der Waals surface area (Å²) >= 11 is 5.87. The highest BCUT2D eigenvalue weighted by Gasteiger charge is 2.32. The molecule has 1 aromatic heterocycles. The lowest BCUT2D eigenvalue weighted by Crippen LogP contribution is -2.46. The van der Waals surface area contributed by atoms with Gasteiger partial charge < -0.3 is 9.64 Å². The van der Waals surface area contributed by atoms with Crippen LogP contribution in [0.5, 0.6) is 11.5 Å². The summed E-state index contributed by atoms with van der Waals surface area (Å²) in [4.78, 5) is 22.6. The van der Waals surface area contributed by atoms with E-state index < -0.39 is 39.1 Å². The van der Waals surface area contributed by atoms with Crippen molar-refractivity contribution in [3.63, 3.8) is 0 Å². The van der Waals surface area contributed by atoms with Gasteiger partial charge in [0.1, 0.15) is 29.9 Å². The largest absolute Gasteiger partial charge is 0.453 e. The van der Waals surface area contributed by atoms with E-state index in [9.17, 15) is 27.3 Å². The summed E-state index contributed by atoms with van der Waals surface area (Å²) < 4.78 is 64.5. The molecular weight excluding hydrogens is 640 g/mol. The van der Waals surface area contributed by atoms with Gasteiger partial charge in [0.2, 0.25) is 0 Å². The Morgan fingerprint density at radius 1 is 1.04 bits per heavy atom. The quantitative estimate of drug-likeness (QED) is 0.263. The monoisotopic (exact) mass is 669 g/mol. The fourth-order valence-corrected chi connectivity index (χ4v) is 7.12. The van der Waals surface area contributed by atoms with Crippen molar-refractivity contribution in [2.75, 3.05) is 61.3 Å². The molecule has 1 unspecified atom stereocenters. The van der Waals surface area contributed by atoms with Crippen molar-refractivity contribution >= 4 is 44.1 Å². The third-order valence-corrected chi connectivity index (χ3v) is 9.77. The number of nitriles is 1. The van der Waals surface area contributed by atoms with Gasteiger partial charge in [-0.15, -0.1) is 11.6 Å². The third-order valence-electron chi connectivity index (χ3n) is 8.11. The normalized spacial score (nSPS) is 17.7. The number of alkyl halides is 2. The van der Waals surface area contributed by atoms with Crippen molar-refractivity contribution in [3.05, 3.63) is 82.7 Å². The highest BCUT2D eigenvalue weighted by Crippen LogP contribution is 2.34. The maximum atomic E-state index is 15.0. The summed E-state index contributed by atoms with van der Waals surface area (Å²) in [6.07, 6.45) is 0.194. The second-order valence-electron chi connectivity index (χ2n) is 11.0. The molecule has 15 heteroatoms. The highest BCUT2D eigenvalue weighted by atomic mass is 35.5. The van der Waals surface area contributed by atoms with E-state index in [4.69, 9.17) is 16.3 Å². The molecule has 11 nitrogen and oxygen atoms in total. The predicted molar refractivity (Wildman–Crippen MR) is 172 cm³/mol. The smallest absolute Gasteiger partial charge is 0.301 e. The van der Waals surface area contributed by atoms with Gasteiger partial charge in [-0.1, -0.05) is 0 Å². The number of anilines is 2. The lowest BCUT2D eigenvalue weighted by molar-refractivity contribution is 0.272. The van der Waals surface area contributed by atoms with E-state index in [0.29, 0.717) is 17.1 Å². The first kappa shape index (κ1) is 31.7. The Morgan fingerprint density at radius 2 is 1.78 bits per heavy atom. The summed E-state index contributed by atoms with van der Waals surface area (Å²) in [5.74, 6) is -0.819. The van der Waals surface area contributed by atoms with Gasteiger partial charge in [0.15, 0.2) is 11.6 Å². The van der Waals surface area contributed by atoms with Crippen LogP contribution in [0.2, 0.25) is 0 Å². The highest BCUT2D eigenvalue weighted by molar-refractivity contribution is 7.90. The average molecular weight is 670 g/mol. The second kappa shape index (κ2) is 13.2. The Kier molecular flexibility index (Phi) is 9.10. The molecule has 4 aromatic rings. The summed E-state index contributed by atoms with van der Waals surface area (Å²) in [6, 6.07) is 15.8. The van der Waals surface area contributed by atoms with Crippen LogP contribution < -0.4 is 19.9 Å². The first-order valence-electron chi connectivity index (χ1n) is 14.6. The van der Waals surface area contributed by atoms with Crippen molar-refractivity contribution in [2.24, 2.45) is 0 Å². The van der Waals surface area contributed by atoms with E-state index in [2.05, 4.69) is 19.5 Å². The molecule has 0 spiro atoms. The molecular formula is C31H30ClF2N7O4S. The van der Waals surface area contributed by atoms with E-state index in [1.165, 1.54) is 29.1 Å². The second-order valence-corrected chi connectivity index (χ2v) is 13.0. The molecule has 240 valence electrons. The number of fused-ring (bicyclic) bond motifs is 1. The molecule has 0 radical (unpaired) electrons. The van der Waals surface area contributed by atoms with Crippen molar-refractivity contribution in [2.45, 2.75) is 12.6 Å². The van der Waals surface area contributed by atoms with Gasteiger partial charge in [0, 0.05) is 57.4 Å². The van der Waals surface area contributed by atoms with Gasteiger partial charge in [-0.3, -0.25) is 19.0 Å². The molecule has 0 aliphatic carbocycles. The van der Waals surface area contributed by atoms with Crippen LogP contribution in [-0.4, -0.2) is 85.0 Å². The third kappa shape index (κ3) is 6.50. The molecule has 2 aliphatic heterocycles. The molecule has 0 bridgehead atoms.